The predicted octanol–water partition coefficient (Wildman–Crippen LogP) is 3.41. The van der Waals surface area contributed by atoms with Gasteiger partial charge in [-0.05, 0) is 55.2 Å². The second kappa shape index (κ2) is 4.96. The van der Waals surface area contributed by atoms with E-state index < -0.39 is 0 Å². The lowest BCUT2D eigenvalue weighted by atomic mass is 9.82. The molecule has 2 heteroatoms. The Labute approximate surface area is 96.3 Å². The van der Waals surface area contributed by atoms with Crippen LogP contribution in [-0.2, 0) is 6.42 Å². The molecule has 1 N–H and O–H groups in total. The lowest BCUT2D eigenvalue weighted by molar-refractivity contribution is 0.122. The molecule has 0 aliphatic heterocycles. The van der Waals surface area contributed by atoms with Gasteiger partial charge in [-0.1, -0.05) is 19.1 Å². The molecule has 0 atom stereocenters. The predicted molar refractivity (Wildman–Crippen MR) is 63.0 cm³/mol. The standard InChI is InChI=1S/C14H19FO/c1-2-10-3-8-13(14(15)9-10)11-4-6-12(16)7-5-11/h3,8-9,11-12,16H,2,4-7H2,1H3. The van der Waals surface area contributed by atoms with Crippen molar-refractivity contribution < 1.29 is 9.50 Å². The third-order valence-electron chi connectivity index (χ3n) is 3.61. The Kier molecular flexibility index (Phi) is 3.59. The zero-order valence-electron chi connectivity index (χ0n) is 9.75. The first kappa shape index (κ1) is 11.6. The molecule has 0 spiro atoms. The molecule has 0 amide bonds. The van der Waals surface area contributed by atoms with Crippen LogP contribution in [0.4, 0.5) is 4.39 Å². The average molecular weight is 222 g/mol. The summed E-state index contributed by atoms with van der Waals surface area (Å²) >= 11 is 0. The SMILES string of the molecule is CCc1ccc(C2CCC(O)CC2)c(F)c1. The summed E-state index contributed by atoms with van der Waals surface area (Å²) in [5.41, 5.74) is 1.89. The van der Waals surface area contributed by atoms with Gasteiger partial charge in [0.25, 0.3) is 0 Å². The molecule has 0 unspecified atom stereocenters. The van der Waals surface area contributed by atoms with Crippen LogP contribution in [-0.4, -0.2) is 11.2 Å². The zero-order valence-corrected chi connectivity index (χ0v) is 9.75. The van der Waals surface area contributed by atoms with Crippen molar-refractivity contribution in [3.05, 3.63) is 35.1 Å². The molecule has 0 radical (unpaired) electrons. The van der Waals surface area contributed by atoms with Crippen molar-refractivity contribution in [3.8, 4) is 0 Å². The molecule has 0 heterocycles. The van der Waals surface area contributed by atoms with Gasteiger partial charge < -0.3 is 5.11 Å². The minimum absolute atomic E-state index is 0.0688. The van der Waals surface area contributed by atoms with Gasteiger partial charge in [0.05, 0.1) is 6.10 Å². The number of benzene rings is 1. The van der Waals surface area contributed by atoms with Crippen molar-refractivity contribution in [2.24, 2.45) is 0 Å². The molecular formula is C14H19FO. The van der Waals surface area contributed by atoms with Crippen molar-refractivity contribution in [3.63, 3.8) is 0 Å². The molecular weight excluding hydrogens is 203 g/mol. The maximum absolute atomic E-state index is 13.9. The number of rotatable bonds is 2. The fourth-order valence-corrected chi connectivity index (χ4v) is 2.51. The van der Waals surface area contributed by atoms with Crippen molar-refractivity contribution in [2.75, 3.05) is 0 Å². The molecule has 1 saturated carbocycles. The molecule has 1 aliphatic carbocycles. The monoisotopic (exact) mass is 222 g/mol. The molecule has 0 aromatic heterocycles. The molecule has 0 bridgehead atoms. The van der Waals surface area contributed by atoms with Crippen LogP contribution >= 0.6 is 0 Å². The van der Waals surface area contributed by atoms with E-state index >= 15 is 0 Å². The fraction of sp³-hybridized carbons (Fsp3) is 0.571. The number of halogens is 1. The Balaban J connectivity index is 2.14. The Bertz CT molecular complexity index is 354. The number of hydrogen-bond acceptors (Lipinski definition) is 1. The van der Waals surface area contributed by atoms with Crippen LogP contribution in [0.1, 0.15) is 49.7 Å². The summed E-state index contributed by atoms with van der Waals surface area (Å²) in [7, 11) is 0. The topological polar surface area (TPSA) is 20.2 Å². The zero-order chi connectivity index (χ0) is 11.5. The fourth-order valence-electron chi connectivity index (χ4n) is 2.51. The Morgan fingerprint density at radius 1 is 1.25 bits per heavy atom. The van der Waals surface area contributed by atoms with E-state index in [-0.39, 0.29) is 11.9 Å². The molecule has 1 aromatic carbocycles. The minimum atomic E-state index is -0.172. The van der Waals surface area contributed by atoms with Gasteiger partial charge in [-0.2, -0.15) is 0 Å². The highest BCUT2D eigenvalue weighted by Gasteiger charge is 2.22. The summed E-state index contributed by atoms with van der Waals surface area (Å²) in [5, 5.41) is 9.43. The molecule has 0 saturated heterocycles. The minimum Gasteiger partial charge on any atom is -0.393 e. The van der Waals surface area contributed by atoms with Crippen LogP contribution in [0.3, 0.4) is 0 Å². The van der Waals surface area contributed by atoms with Crippen molar-refractivity contribution in [1.29, 1.82) is 0 Å². The largest absolute Gasteiger partial charge is 0.393 e. The van der Waals surface area contributed by atoms with E-state index in [0.717, 1.165) is 43.2 Å². The van der Waals surface area contributed by atoms with Crippen molar-refractivity contribution in [2.45, 2.75) is 51.0 Å². The van der Waals surface area contributed by atoms with E-state index in [0.29, 0.717) is 5.92 Å². The van der Waals surface area contributed by atoms with Crippen LogP contribution in [0.2, 0.25) is 0 Å². The summed E-state index contributed by atoms with van der Waals surface area (Å²) in [6.45, 7) is 2.03. The van der Waals surface area contributed by atoms with Crippen molar-refractivity contribution in [1.82, 2.24) is 0 Å². The Morgan fingerprint density at radius 2 is 1.94 bits per heavy atom. The second-order valence-corrected chi connectivity index (χ2v) is 4.71. The van der Waals surface area contributed by atoms with E-state index in [1.165, 1.54) is 0 Å². The summed E-state index contributed by atoms with van der Waals surface area (Å²) in [6, 6.07) is 5.60. The molecule has 1 fully saturated rings. The number of hydrogen-bond donors (Lipinski definition) is 1. The first-order chi connectivity index (χ1) is 7.70. The first-order valence-corrected chi connectivity index (χ1v) is 6.17. The Morgan fingerprint density at radius 3 is 2.50 bits per heavy atom. The number of aliphatic hydroxyl groups excluding tert-OH is 1. The summed E-state index contributed by atoms with van der Waals surface area (Å²) < 4.78 is 13.9. The van der Waals surface area contributed by atoms with E-state index in [1.807, 2.05) is 19.1 Å². The third kappa shape index (κ3) is 2.43. The molecule has 88 valence electrons. The van der Waals surface area contributed by atoms with E-state index in [2.05, 4.69) is 0 Å². The maximum atomic E-state index is 13.9. The summed E-state index contributed by atoms with van der Waals surface area (Å²) in [5.74, 6) is 0.232. The lowest BCUT2D eigenvalue weighted by Gasteiger charge is -2.26. The maximum Gasteiger partial charge on any atom is 0.126 e. The van der Waals surface area contributed by atoms with Gasteiger partial charge >= 0.3 is 0 Å². The summed E-state index contributed by atoms with van der Waals surface area (Å²) in [4.78, 5) is 0. The molecule has 1 aromatic rings. The van der Waals surface area contributed by atoms with Crippen LogP contribution < -0.4 is 0 Å². The van der Waals surface area contributed by atoms with Crippen molar-refractivity contribution >= 4 is 0 Å². The van der Waals surface area contributed by atoms with E-state index in [9.17, 15) is 9.50 Å². The second-order valence-electron chi connectivity index (χ2n) is 4.71. The number of aryl methyl sites for hydroxylation is 1. The highest BCUT2D eigenvalue weighted by Crippen LogP contribution is 2.34. The summed E-state index contributed by atoms with van der Waals surface area (Å²) in [6.07, 6.45) is 4.13. The number of aliphatic hydroxyl groups is 1. The van der Waals surface area contributed by atoms with Gasteiger partial charge in [-0.15, -0.1) is 0 Å². The quantitative estimate of drug-likeness (QED) is 0.813. The van der Waals surface area contributed by atoms with Gasteiger partial charge in [-0.3, -0.25) is 0 Å². The first-order valence-electron chi connectivity index (χ1n) is 6.17. The highest BCUT2D eigenvalue weighted by molar-refractivity contribution is 5.27. The molecule has 1 nitrogen and oxygen atoms in total. The van der Waals surface area contributed by atoms with Crippen LogP contribution in [0, 0.1) is 5.82 Å². The van der Waals surface area contributed by atoms with Gasteiger partial charge in [0.15, 0.2) is 0 Å². The third-order valence-corrected chi connectivity index (χ3v) is 3.61. The normalized spacial score (nSPS) is 25.7. The molecule has 1 aliphatic rings. The van der Waals surface area contributed by atoms with Gasteiger partial charge in [0.2, 0.25) is 0 Å². The van der Waals surface area contributed by atoms with Gasteiger partial charge in [0.1, 0.15) is 5.82 Å². The van der Waals surface area contributed by atoms with Gasteiger partial charge in [-0.25, -0.2) is 4.39 Å². The van der Waals surface area contributed by atoms with Gasteiger partial charge in [0, 0.05) is 0 Å². The smallest absolute Gasteiger partial charge is 0.126 e. The van der Waals surface area contributed by atoms with Crippen LogP contribution in [0.15, 0.2) is 18.2 Å². The molecule has 2 rings (SSSR count). The lowest BCUT2D eigenvalue weighted by Crippen LogP contribution is -2.17. The van der Waals surface area contributed by atoms with E-state index in [1.54, 1.807) is 6.07 Å². The van der Waals surface area contributed by atoms with Crippen LogP contribution in [0.25, 0.3) is 0 Å². The highest BCUT2D eigenvalue weighted by atomic mass is 19.1. The molecule has 16 heavy (non-hydrogen) atoms. The van der Waals surface area contributed by atoms with Crippen LogP contribution in [0.5, 0.6) is 0 Å². The van der Waals surface area contributed by atoms with E-state index in [4.69, 9.17) is 0 Å². The average Bonchev–Trinajstić information content (AvgIpc) is 2.30. The Hall–Kier alpha value is -0.890.